The number of hydrogen-bond donors (Lipinski definition) is 0. The lowest BCUT2D eigenvalue weighted by Gasteiger charge is -2.33. The molecule has 0 bridgehead atoms. The van der Waals surface area contributed by atoms with Crippen LogP contribution in [-0.4, -0.2) is 23.9 Å². The SMILES string of the molecule is CC1=C(/C=C/C(=O)N2CC[C@H](C)C2)C(C)(C)CCC1. The smallest absolute Gasteiger partial charge is 0.246 e. The predicted octanol–water partition coefficient (Wildman–Crippen LogP) is 3.94. The first-order chi connectivity index (χ1) is 8.90. The first kappa shape index (κ1) is 14.4. The Morgan fingerprint density at radius 2 is 2.16 bits per heavy atom. The van der Waals surface area contributed by atoms with Crippen molar-refractivity contribution in [2.75, 3.05) is 13.1 Å². The van der Waals surface area contributed by atoms with Crippen LogP contribution < -0.4 is 0 Å². The Bertz CT molecular complexity index is 417. The van der Waals surface area contributed by atoms with Gasteiger partial charge in [-0.1, -0.05) is 32.4 Å². The summed E-state index contributed by atoms with van der Waals surface area (Å²) in [6.07, 6.45) is 8.70. The van der Waals surface area contributed by atoms with Gasteiger partial charge >= 0.3 is 0 Å². The quantitative estimate of drug-likeness (QED) is 0.690. The van der Waals surface area contributed by atoms with E-state index in [1.165, 1.54) is 30.4 Å². The van der Waals surface area contributed by atoms with Crippen LogP contribution in [0.3, 0.4) is 0 Å². The maximum atomic E-state index is 12.2. The number of amides is 1. The van der Waals surface area contributed by atoms with Gasteiger partial charge in [0.05, 0.1) is 0 Å². The summed E-state index contributed by atoms with van der Waals surface area (Å²) in [5.41, 5.74) is 3.05. The standard InChI is InChI=1S/C17H27NO/c1-13-9-11-18(12-13)16(19)8-7-15-14(2)6-5-10-17(15,3)4/h7-8,13H,5-6,9-12H2,1-4H3/b8-7+/t13-/m0/s1. The van der Waals surface area contributed by atoms with E-state index in [1.54, 1.807) is 6.08 Å². The van der Waals surface area contributed by atoms with Crippen molar-refractivity contribution in [1.82, 2.24) is 4.90 Å². The van der Waals surface area contributed by atoms with Gasteiger partial charge in [-0.25, -0.2) is 0 Å². The number of nitrogens with zero attached hydrogens (tertiary/aromatic N) is 1. The molecule has 2 heteroatoms. The van der Waals surface area contributed by atoms with Crippen molar-refractivity contribution in [1.29, 1.82) is 0 Å². The molecule has 106 valence electrons. The van der Waals surface area contributed by atoms with Crippen LogP contribution >= 0.6 is 0 Å². The zero-order chi connectivity index (χ0) is 14.0. The van der Waals surface area contributed by atoms with Crippen LogP contribution in [0.4, 0.5) is 0 Å². The van der Waals surface area contributed by atoms with Crippen molar-refractivity contribution in [3.05, 3.63) is 23.3 Å². The van der Waals surface area contributed by atoms with E-state index in [0.717, 1.165) is 19.5 Å². The Kier molecular flexibility index (Phi) is 4.17. The van der Waals surface area contributed by atoms with Crippen LogP contribution in [0.2, 0.25) is 0 Å². The first-order valence-corrected chi connectivity index (χ1v) is 7.57. The summed E-state index contributed by atoms with van der Waals surface area (Å²) in [6.45, 7) is 10.8. The lowest BCUT2D eigenvalue weighted by molar-refractivity contribution is -0.125. The zero-order valence-electron chi connectivity index (χ0n) is 12.8. The van der Waals surface area contributed by atoms with Crippen LogP contribution in [0.25, 0.3) is 0 Å². The van der Waals surface area contributed by atoms with Crippen LogP contribution in [0.1, 0.15) is 53.4 Å². The minimum Gasteiger partial charge on any atom is -0.339 e. The molecule has 2 aliphatic rings. The van der Waals surface area contributed by atoms with Gasteiger partial charge in [0.25, 0.3) is 0 Å². The van der Waals surface area contributed by atoms with E-state index in [-0.39, 0.29) is 11.3 Å². The third kappa shape index (κ3) is 3.29. The molecule has 1 amide bonds. The van der Waals surface area contributed by atoms with Gasteiger partial charge in [-0.2, -0.15) is 0 Å². The average molecular weight is 261 g/mol. The minimum absolute atomic E-state index is 0.186. The van der Waals surface area contributed by atoms with Gasteiger partial charge in [0.2, 0.25) is 5.91 Å². The van der Waals surface area contributed by atoms with E-state index in [0.29, 0.717) is 5.92 Å². The van der Waals surface area contributed by atoms with Crippen molar-refractivity contribution in [2.24, 2.45) is 11.3 Å². The van der Waals surface area contributed by atoms with Gasteiger partial charge < -0.3 is 4.90 Å². The molecule has 1 atom stereocenters. The van der Waals surface area contributed by atoms with E-state index in [9.17, 15) is 4.79 Å². The molecule has 0 aromatic carbocycles. The molecule has 2 rings (SSSR count). The topological polar surface area (TPSA) is 20.3 Å². The monoisotopic (exact) mass is 261 g/mol. The highest BCUT2D eigenvalue weighted by atomic mass is 16.2. The van der Waals surface area contributed by atoms with E-state index >= 15 is 0 Å². The first-order valence-electron chi connectivity index (χ1n) is 7.57. The molecule has 1 aliphatic heterocycles. The highest BCUT2D eigenvalue weighted by Gasteiger charge is 2.27. The van der Waals surface area contributed by atoms with E-state index < -0.39 is 0 Å². The highest BCUT2D eigenvalue weighted by molar-refractivity contribution is 5.88. The number of carbonyl (C=O) groups excluding carboxylic acids is 1. The molecular weight excluding hydrogens is 234 g/mol. The van der Waals surface area contributed by atoms with Crippen molar-refractivity contribution in [3.8, 4) is 0 Å². The molecule has 0 N–H and O–H groups in total. The molecule has 1 heterocycles. The maximum absolute atomic E-state index is 12.2. The molecule has 1 aliphatic carbocycles. The van der Waals surface area contributed by atoms with Crippen molar-refractivity contribution in [2.45, 2.75) is 53.4 Å². The molecule has 0 unspecified atom stereocenters. The summed E-state index contributed by atoms with van der Waals surface area (Å²) in [4.78, 5) is 14.1. The van der Waals surface area contributed by atoms with Gasteiger partial charge in [0.15, 0.2) is 0 Å². The Labute approximate surface area is 117 Å². The number of carbonyl (C=O) groups is 1. The summed E-state index contributed by atoms with van der Waals surface area (Å²) in [5.74, 6) is 0.843. The lowest BCUT2D eigenvalue weighted by atomic mass is 9.72. The van der Waals surface area contributed by atoms with Gasteiger partial charge in [-0.15, -0.1) is 0 Å². The third-order valence-corrected chi connectivity index (χ3v) is 4.67. The van der Waals surface area contributed by atoms with Gasteiger partial charge in [-0.05, 0) is 49.5 Å². The summed E-state index contributed by atoms with van der Waals surface area (Å²) in [7, 11) is 0. The Balaban J connectivity index is 2.07. The zero-order valence-corrected chi connectivity index (χ0v) is 12.8. The summed E-state index contributed by atoms with van der Waals surface area (Å²) in [6, 6.07) is 0. The summed E-state index contributed by atoms with van der Waals surface area (Å²) < 4.78 is 0. The Morgan fingerprint density at radius 3 is 2.74 bits per heavy atom. The van der Waals surface area contributed by atoms with Crippen molar-refractivity contribution in [3.63, 3.8) is 0 Å². The number of allylic oxidation sites excluding steroid dienone is 3. The molecule has 0 aromatic heterocycles. The van der Waals surface area contributed by atoms with Crippen LogP contribution in [-0.2, 0) is 4.79 Å². The second-order valence-electron chi connectivity index (χ2n) is 6.94. The second-order valence-corrected chi connectivity index (χ2v) is 6.94. The fourth-order valence-corrected chi connectivity index (χ4v) is 3.41. The van der Waals surface area contributed by atoms with Gasteiger partial charge in [-0.3, -0.25) is 4.79 Å². The predicted molar refractivity (Wildman–Crippen MR) is 79.8 cm³/mol. The molecule has 0 spiro atoms. The van der Waals surface area contributed by atoms with E-state index in [4.69, 9.17) is 0 Å². The second kappa shape index (κ2) is 5.52. The Hall–Kier alpha value is -1.05. The van der Waals surface area contributed by atoms with E-state index in [1.807, 2.05) is 4.90 Å². The van der Waals surface area contributed by atoms with Crippen molar-refractivity contribution < 1.29 is 4.79 Å². The fraction of sp³-hybridized carbons (Fsp3) is 0.706. The molecule has 0 saturated carbocycles. The summed E-state index contributed by atoms with van der Waals surface area (Å²) in [5, 5.41) is 0. The molecule has 2 nitrogen and oxygen atoms in total. The number of rotatable bonds is 2. The molecule has 1 saturated heterocycles. The highest BCUT2D eigenvalue weighted by Crippen LogP contribution is 2.40. The van der Waals surface area contributed by atoms with Crippen molar-refractivity contribution >= 4 is 5.91 Å². The fourth-order valence-electron chi connectivity index (χ4n) is 3.41. The number of likely N-dealkylation sites (tertiary alicyclic amines) is 1. The molecule has 1 fully saturated rings. The number of hydrogen-bond acceptors (Lipinski definition) is 1. The molecule has 0 aromatic rings. The van der Waals surface area contributed by atoms with Gasteiger partial charge in [0.1, 0.15) is 0 Å². The Morgan fingerprint density at radius 1 is 1.42 bits per heavy atom. The molecular formula is C17H27NO. The molecule has 0 radical (unpaired) electrons. The van der Waals surface area contributed by atoms with Crippen LogP contribution in [0.15, 0.2) is 23.3 Å². The van der Waals surface area contributed by atoms with Gasteiger partial charge in [0, 0.05) is 19.2 Å². The normalized spacial score (nSPS) is 27.4. The average Bonchev–Trinajstić information content (AvgIpc) is 2.74. The largest absolute Gasteiger partial charge is 0.339 e. The maximum Gasteiger partial charge on any atom is 0.246 e. The van der Waals surface area contributed by atoms with Crippen LogP contribution in [0, 0.1) is 11.3 Å². The van der Waals surface area contributed by atoms with Crippen LogP contribution in [0.5, 0.6) is 0 Å². The summed E-state index contributed by atoms with van der Waals surface area (Å²) >= 11 is 0. The molecule has 19 heavy (non-hydrogen) atoms. The van der Waals surface area contributed by atoms with E-state index in [2.05, 4.69) is 33.8 Å². The third-order valence-electron chi connectivity index (χ3n) is 4.67. The lowest BCUT2D eigenvalue weighted by Crippen LogP contribution is -2.27. The minimum atomic E-state index is 0.186.